The van der Waals surface area contributed by atoms with Crippen molar-refractivity contribution < 1.29 is 13.6 Å². The summed E-state index contributed by atoms with van der Waals surface area (Å²) in [4.78, 5) is 11.4. The molecule has 0 aliphatic carbocycles. The summed E-state index contributed by atoms with van der Waals surface area (Å²) in [6.07, 6.45) is 0.675. The predicted octanol–water partition coefficient (Wildman–Crippen LogP) is 2.95. The van der Waals surface area contributed by atoms with Crippen molar-refractivity contribution in [1.82, 2.24) is 0 Å². The van der Waals surface area contributed by atoms with Crippen molar-refractivity contribution in [3.63, 3.8) is 0 Å². The quantitative estimate of drug-likeness (QED) is 0.821. The third-order valence-corrected chi connectivity index (χ3v) is 2.25. The van der Waals surface area contributed by atoms with Gasteiger partial charge in [-0.1, -0.05) is 13.8 Å². The Kier molecular flexibility index (Phi) is 3.77. The Bertz CT molecular complexity index is 366. The summed E-state index contributed by atoms with van der Waals surface area (Å²) in [6, 6.07) is 3.06. The Morgan fingerprint density at radius 1 is 1.47 bits per heavy atom. The molecule has 1 aromatic carbocycles. The minimum atomic E-state index is -0.758. The zero-order valence-corrected chi connectivity index (χ0v) is 8.68. The number of rotatable bonds is 3. The molecule has 2 nitrogen and oxygen atoms in total. The lowest BCUT2D eigenvalue weighted by Gasteiger charge is -2.10. The number of anilines is 1. The molecule has 0 unspecified atom stereocenters. The van der Waals surface area contributed by atoms with Crippen LogP contribution in [0.1, 0.15) is 20.3 Å². The summed E-state index contributed by atoms with van der Waals surface area (Å²) < 4.78 is 25.7. The number of amides is 1. The van der Waals surface area contributed by atoms with Crippen molar-refractivity contribution in [1.29, 1.82) is 0 Å². The maximum atomic E-state index is 13.1. The summed E-state index contributed by atoms with van der Waals surface area (Å²) in [6.45, 7) is 3.61. The van der Waals surface area contributed by atoms with E-state index >= 15 is 0 Å². The van der Waals surface area contributed by atoms with Gasteiger partial charge in [-0.15, -0.1) is 0 Å². The van der Waals surface area contributed by atoms with Gasteiger partial charge in [0.05, 0.1) is 5.69 Å². The fraction of sp³-hybridized carbons (Fsp3) is 0.364. The van der Waals surface area contributed by atoms with Gasteiger partial charge in [0, 0.05) is 12.0 Å². The van der Waals surface area contributed by atoms with Crippen LogP contribution in [0.15, 0.2) is 18.2 Å². The fourth-order valence-electron chi connectivity index (χ4n) is 1.03. The summed E-state index contributed by atoms with van der Waals surface area (Å²) in [5.41, 5.74) is 0.0155. The number of halogens is 2. The van der Waals surface area contributed by atoms with Crippen LogP contribution in [0.4, 0.5) is 14.5 Å². The minimum Gasteiger partial charge on any atom is -0.323 e. The first-order valence-corrected chi connectivity index (χ1v) is 4.80. The molecular weight excluding hydrogens is 200 g/mol. The highest BCUT2D eigenvalue weighted by molar-refractivity contribution is 5.92. The van der Waals surface area contributed by atoms with Crippen molar-refractivity contribution in [2.75, 3.05) is 5.32 Å². The summed E-state index contributed by atoms with van der Waals surface area (Å²) >= 11 is 0. The Morgan fingerprint density at radius 2 is 2.13 bits per heavy atom. The lowest BCUT2D eigenvalue weighted by atomic mass is 10.1. The largest absolute Gasteiger partial charge is 0.323 e. The van der Waals surface area contributed by atoms with Crippen LogP contribution in [0.25, 0.3) is 0 Å². The van der Waals surface area contributed by atoms with E-state index in [4.69, 9.17) is 0 Å². The zero-order valence-electron chi connectivity index (χ0n) is 8.68. The van der Waals surface area contributed by atoms with Crippen molar-refractivity contribution in [2.45, 2.75) is 20.3 Å². The highest BCUT2D eigenvalue weighted by Crippen LogP contribution is 2.16. The van der Waals surface area contributed by atoms with E-state index < -0.39 is 11.6 Å². The molecule has 82 valence electrons. The molecule has 0 fully saturated rings. The third kappa shape index (κ3) is 3.01. The molecule has 15 heavy (non-hydrogen) atoms. The highest BCUT2D eigenvalue weighted by atomic mass is 19.1. The second kappa shape index (κ2) is 4.87. The first kappa shape index (κ1) is 11.6. The molecule has 1 N–H and O–H groups in total. The SMILES string of the molecule is CC[C@@H](C)C(=O)Nc1ccc(F)cc1F. The van der Waals surface area contributed by atoms with Gasteiger partial charge in [0.2, 0.25) is 5.91 Å². The number of benzene rings is 1. The normalized spacial score (nSPS) is 12.3. The summed E-state index contributed by atoms with van der Waals surface area (Å²) in [5, 5.41) is 2.41. The summed E-state index contributed by atoms with van der Waals surface area (Å²) in [5.74, 6) is -1.86. The Morgan fingerprint density at radius 3 is 2.67 bits per heavy atom. The molecule has 0 aromatic heterocycles. The number of hydrogen-bond acceptors (Lipinski definition) is 1. The van der Waals surface area contributed by atoms with Crippen LogP contribution >= 0.6 is 0 Å². The number of carbonyl (C=O) groups excluding carboxylic acids is 1. The number of carbonyl (C=O) groups is 1. The van der Waals surface area contributed by atoms with Gasteiger partial charge in [0.25, 0.3) is 0 Å². The molecule has 0 heterocycles. The Labute approximate surface area is 87.3 Å². The average molecular weight is 213 g/mol. The van der Waals surface area contributed by atoms with Crippen LogP contribution in [0.5, 0.6) is 0 Å². The Hall–Kier alpha value is -1.45. The first-order chi connectivity index (χ1) is 7.04. The van der Waals surface area contributed by atoms with Gasteiger partial charge >= 0.3 is 0 Å². The zero-order chi connectivity index (χ0) is 11.4. The molecule has 1 aromatic rings. The van der Waals surface area contributed by atoms with Crippen LogP contribution in [0, 0.1) is 17.6 Å². The van der Waals surface area contributed by atoms with Crippen LogP contribution in [-0.2, 0) is 4.79 Å². The molecular formula is C11H13F2NO. The molecule has 0 aliphatic rings. The fourth-order valence-corrected chi connectivity index (χ4v) is 1.03. The standard InChI is InChI=1S/C11H13F2NO/c1-3-7(2)11(15)14-10-5-4-8(12)6-9(10)13/h4-7H,3H2,1-2H3,(H,14,15)/t7-/m1/s1. The third-order valence-electron chi connectivity index (χ3n) is 2.25. The molecule has 1 rings (SSSR count). The van der Waals surface area contributed by atoms with Gasteiger partial charge in [-0.2, -0.15) is 0 Å². The van der Waals surface area contributed by atoms with Crippen LogP contribution in [-0.4, -0.2) is 5.91 Å². The second-order valence-electron chi connectivity index (χ2n) is 3.42. The van der Waals surface area contributed by atoms with Gasteiger partial charge < -0.3 is 5.32 Å². The molecule has 0 radical (unpaired) electrons. The molecule has 0 saturated heterocycles. The predicted molar refractivity (Wildman–Crippen MR) is 54.4 cm³/mol. The van der Waals surface area contributed by atoms with Crippen LogP contribution < -0.4 is 5.32 Å². The van der Waals surface area contributed by atoms with E-state index in [-0.39, 0.29) is 17.5 Å². The number of hydrogen-bond donors (Lipinski definition) is 1. The van der Waals surface area contributed by atoms with E-state index in [0.717, 1.165) is 12.1 Å². The van der Waals surface area contributed by atoms with E-state index in [2.05, 4.69) is 5.32 Å². The minimum absolute atomic E-state index is 0.0155. The molecule has 4 heteroatoms. The van der Waals surface area contributed by atoms with Crippen LogP contribution in [0.2, 0.25) is 0 Å². The van der Waals surface area contributed by atoms with E-state index in [1.54, 1.807) is 6.92 Å². The summed E-state index contributed by atoms with van der Waals surface area (Å²) in [7, 11) is 0. The lowest BCUT2D eigenvalue weighted by molar-refractivity contribution is -0.119. The Balaban J connectivity index is 2.77. The smallest absolute Gasteiger partial charge is 0.227 e. The van der Waals surface area contributed by atoms with Crippen molar-refractivity contribution in [3.8, 4) is 0 Å². The van der Waals surface area contributed by atoms with Crippen molar-refractivity contribution in [2.24, 2.45) is 5.92 Å². The van der Waals surface area contributed by atoms with Gasteiger partial charge in [-0.3, -0.25) is 4.79 Å². The van der Waals surface area contributed by atoms with Crippen molar-refractivity contribution >= 4 is 11.6 Å². The monoisotopic (exact) mass is 213 g/mol. The van der Waals surface area contributed by atoms with Gasteiger partial charge in [0.1, 0.15) is 11.6 Å². The molecule has 0 saturated carbocycles. The van der Waals surface area contributed by atoms with Crippen molar-refractivity contribution in [3.05, 3.63) is 29.8 Å². The van der Waals surface area contributed by atoms with Gasteiger partial charge in [0.15, 0.2) is 0 Å². The number of nitrogens with one attached hydrogen (secondary N) is 1. The second-order valence-corrected chi connectivity index (χ2v) is 3.42. The highest BCUT2D eigenvalue weighted by Gasteiger charge is 2.12. The average Bonchev–Trinajstić information content (AvgIpc) is 2.20. The van der Waals surface area contributed by atoms with E-state index in [1.807, 2.05) is 6.92 Å². The van der Waals surface area contributed by atoms with E-state index in [9.17, 15) is 13.6 Å². The topological polar surface area (TPSA) is 29.1 Å². The van der Waals surface area contributed by atoms with Gasteiger partial charge in [-0.05, 0) is 18.6 Å². The lowest BCUT2D eigenvalue weighted by Crippen LogP contribution is -2.20. The molecule has 0 aliphatic heterocycles. The van der Waals surface area contributed by atoms with Gasteiger partial charge in [-0.25, -0.2) is 8.78 Å². The molecule has 0 spiro atoms. The maximum absolute atomic E-state index is 13.1. The molecule has 1 atom stereocenters. The van der Waals surface area contributed by atoms with E-state index in [0.29, 0.717) is 6.42 Å². The maximum Gasteiger partial charge on any atom is 0.227 e. The first-order valence-electron chi connectivity index (χ1n) is 4.80. The molecule has 0 bridgehead atoms. The van der Waals surface area contributed by atoms with Crippen LogP contribution in [0.3, 0.4) is 0 Å². The molecule has 1 amide bonds. The van der Waals surface area contributed by atoms with E-state index in [1.165, 1.54) is 6.07 Å².